The molecule has 0 aliphatic carbocycles. The van der Waals surface area contributed by atoms with Crippen LogP contribution in [0.5, 0.6) is 0 Å². The van der Waals surface area contributed by atoms with Gasteiger partial charge in [0.05, 0.1) is 6.61 Å². The van der Waals surface area contributed by atoms with Gasteiger partial charge in [-0.15, -0.1) is 0 Å². The molecule has 0 unspecified atom stereocenters. The first-order chi connectivity index (χ1) is 6.14. The van der Waals surface area contributed by atoms with Crippen molar-refractivity contribution in [2.75, 3.05) is 6.61 Å². The minimum Gasteiger partial charge on any atom is -0.271 e. The number of nitrogens with zero attached hydrogens (tertiary/aromatic N) is 1. The summed E-state index contributed by atoms with van der Waals surface area (Å²) < 4.78 is 0. The van der Waals surface area contributed by atoms with Gasteiger partial charge < -0.3 is 0 Å². The molecule has 0 aromatic heterocycles. The molecule has 0 radical (unpaired) electrons. The fourth-order valence-corrected chi connectivity index (χ4v) is 1.62. The van der Waals surface area contributed by atoms with Crippen LogP contribution in [0.4, 0.5) is 0 Å². The molecular formula is C9H15NO3. The molecule has 1 aliphatic heterocycles. The molecule has 1 aliphatic rings. The van der Waals surface area contributed by atoms with Gasteiger partial charge in [0.15, 0.2) is 0 Å². The molecule has 0 aromatic rings. The molecule has 2 amide bonds. The summed E-state index contributed by atoms with van der Waals surface area (Å²) in [6.07, 6.45) is 1.12. The zero-order chi connectivity index (χ0) is 10.1. The highest BCUT2D eigenvalue weighted by Gasteiger charge is 2.59. The van der Waals surface area contributed by atoms with Gasteiger partial charge in [-0.05, 0) is 19.8 Å². The Morgan fingerprint density at radius 2 is 1.62 bits per heavy atom. The topological polar surface area (TPSA) is 46.6 Å². The van der Waals surface area contributed by atoms with Gasteiger partial charge in [-0.2, -0.15) is 5.06 Å². The lowest BCUT2D eigenvalue weighted by molar-refractivity contribution is -0.232. The van der Waals surface area contributed by atoms with E-state index in [1.54, 1.807) is 6.92 Å². The van der Waals surface area contributed by atoms with E-state index >= 15 is 0 Å². The van der Waals surface area contributed by atoms with Crippen molar-refractivity contribution in [2.45, 2.75) is 33.6 Å². The van der Waals surface area contributed by atoms with Crippen LogP contribution in [0.15, 0.2) is 0 Å². The van der Waals surface area contributed by atoms with Crippen molar-refractivity contribution in [3.63, 3.8) is 0 Å². The van der Waals surface area contributed by atoms with Crippen molar-refractivity contribution in [3.05, 3.63) is 0 Å². The van der Waals surface area contributed by atoms with Crippen LogP contribution in [0.3, 0.4) is 0 Å². The summed E-state index contributed by atoms with van der Waals surface area (Å²) in [7, 11) is 0. The van der Waals surface area contributed by atoms with Crippen LogP contribution in [0.2, 0.25) is 0 Å². The van der Waals surface area contributed by atoms with Gasteiger partial charge in [0.25, 0.3) is 11.8 Å². The summed E-state index contributed by atoms with van der Waals surface area (Å²) in [5.41, 5.74) is -0.783. The Morgan fingerprint density at radius 1 is 1.15 bits per heavy atom. The Kier molecular flexibility index (Phi) is 2.71. The van der Waals surface area contributed by atoms with E-state index < -0.39 is 5.41 Å². The maximum absolute atomic E-state index is 11.5. The summed E-state index contributed by atoms with van der Waals surface area (Å²) >= 11 is 0. The number of hydroxylamine groups is 2. The lowest BCUT2D eigenvalue weighted by Crippen LogP contribution is -2.65. The predicted octanol–water partition coefficient (Wildman–Crippen LogP) is 1.11. The SMILES string of the molecule is CCON1C(=O)C(CC)(CC)C1=O. The molecule has 4 heteroatoms. The molecule has 74 valence electrons. The fourth-order valence-electron chi connectivity index (χ4n) is 1.62. The van der Waals surface area contributed by atoms with Gasteiger partial charge in [0.2, 0.25) is 0 Å². The van der Waals surface area contributed by atoms with E-state index in [4.69, 9.17) is 4.84 Å². The van der Waals surface area contributed by atoms with Gasteiger partial charge in [-0.3, -0.25) is 14.4 Å². The molecule has 1 heterocycles. The van der Waals surface area contributed by atoms with Gasteiger partial charge in [-0.1, -0.05) is 13.8 Å². The van der Waals surface area contributed by atoms with Gasteiger partial charge in [-0.25, -0.2) is 0 Å². The Balaban J connectivity index is 2.75. The second-order valence-electron chi connectivity index (χ2n) is 3.11. The standard InChI is InChI=1S/C9H15NO3/c1-4-9(5-2)7(11)10(8(9)12)13-6-3/h4-6H2,1-3H3. The second-order valence-corrected chi connectivity index (χ2v) is 3.11. The van der Waals surface area contributed by atoms with E-state index in [2.05, 4.69) is 0 Å². The zero-order valence-corrected chi connectivity index (χ0v) is 8.29. The molecule has 0 aromatic carbocycles. The fraction of sp³-hybridized carbons (Fsp3) is 0.778. The summed E-state index contributed by atoms with van der Waals surface area (Å²) in [4.78, 5) is 27.9. The molecule has 13 heavy (non-hydrogen) atoms. The molecule has 0 saturated carbocycles. The number of rotatable bonds is 4. The van der Waals surface area contributed by atoms with E-state index in [1.165, 1.54) is 0 Å². The molecule has 0 N–H and O–H groups in total. The van der Waals surface area contributed by atoms with Crippen LogP contribution in [0.25, 0.3) is 0 Å². The van der Waals surface area contributed by atoms with Crippen LogP contribution in [-0.4, -0.2) is 23.5 Å². The average Bonchev–Trinajstić information content (AvgIpc) is 2.16. The summed E-state index contributed by atoms with van der Waals surface area (Å²) in [6, 6.07) is 0. The molecule has 0 spiro atoms. The van der Waals surface area contributed by atoms with Crippen LogP contribution < -0.4 is 0 Å². The minimum atomic E-state index is -0.783. The molecule has 1 saturated heterocycles. The highest BCUT2D eigenvalue weighted by atomic mass is 16.7. The smallest absolute Gasteiger partial charge is 0.269 e. The van der Waals surface area contributed by atoms with Crippen LogP contribution >= 0.6 is 0 Å². The molecule has 1 fully saturated rings. The Bertz CT molecular complexity index is 215. The highest BCUT2D eigenvalue weighted by molar-refractivity contribution is 6.20. The number of carbonyl (C=O) groups is 2. The van der Waals surface area contributed by atoms with Crippen molar-refractivity contribution < 1.29 is 14.4 Å². The first-order valence-electron chi connectivity index (χ1n) is 4.66. The van der Waals surface area contributed by atoms with E-state index in [-0.39, 0.29) is 11.8 Å². The quantitative estimate of drug-likeness (QED) is 0.487. The first-order valence-corrected chi connectivity index (χ1v) is 4.66. The first kappa shape index (κ1) is 10.2. The summed E-state index contributed by atoms with van der Waals surface area (Å²) in [5.74, 6) is -0.381. The maximum atomic E-state index is 11.5. The monoisotopic (exact) mass is 185 g/mol. The van der Waals surface area contributed by atoms with Crippen molar-refractivity contribution in [1.82, 2.24) is 5.06 Å². The normalized spacial score (nSPS) is 20.4. The van der Waals surface area contributed by atoms with E-state index in [0.717, 1.165) is 5.06 Å². The zero-order valence-electron chi connectivity index (χ0n) is 8.29. The van der Waals surface area contributed by atoms with Crippen LogP contribution in [0.1, 0.15) is 33.6 Å². The molecule has 0 bridgehead atoms. The van der Waals surface area contributed by atoms with Gasteiger partial charge in [0.1, 0.15) is 5.41 Å². The molecule has 1 rings (SSSR count). The third kappa shape index (κ3) is 1.16. The molecule has 4 nitrogen and oxygen atoms in total. The summed E-state index contributed by atoms with van der Waals surface area (Å²) in [5, 5.41) is 0.882. The Labute approximate surface area is 77.8 Å². The number of carbonyl (C=O) groups excluding carboxylic acids is 2. The number of imide groups is 1. The lowest BCUT2D eigenvalue weighted by Gasteiger charge is -2.43. The highest BCUT2D eigenvalue weighted by Crippen LogP contribution is 2.40. The molecular weight excluding hydrogens is 170 g/mol. The molecule has 0 atom stereocenters. The number of β-lactam (4-membered cyclic amide) rings is 2. The minimum absolute atomic E-state index is 0.190. The lowest BCUT2D eigenvalue weighted by atomic mass is 9.74. The van der Waals surface area contributed by atoms with E-state index in [1.807, 2.05) is 13.8 Å². The number of amides is 2. The van der Waals surface area contributed by atoms with Crippen molar-refractivity contribution in [3.8, 4) is 0 Å². The Hall–Kier alpha value is -0.900. The van der Waals surface area contributed by atoms with Crippen molar-refractivity contribution >= 4 is 11.8 Å². The maximum Gasteiger partial charge on any atom is 0.269 e. The van der Waals surface area contributed by atoms with E-state index in [0.29, 0.717) is 19.4 Å². The van der Waals surface area contributed by atoms with E-state index in [9.17, 15) is 9.59 Å². The third-order valence-electron chi connectivity index (χ3n) is 2.65. The largest absolute Gasteiger partial charge is 0.271 e. The second kappa shape index (κ2) is 3.46. The van der Waals surface area contributed by atoms with Crippen LogP contribution in [0, 0.1) is 5.41 Å². The predicted molar refractivity (Wildman–Crippen MR) is 46.5 cm³/mol. The van der Waals surface area contributed by atoms with Crippen molar-refractivity contribution in [2.24, 2.45) is 5.41 Å². The third-order valence-corrected chi connectivity index (χ3v) is 2.65. The van der Waals surface area contributed by atoms with Crippen LogP contribution in [-0.2, 0) is 14.4 Å². The Morgan fingerprint density at radius 3 is 1.92 bits per heavy atom. The van der Waals surface area contributed by atoms with Gasteiger partial charge >= 0.3 is 0 Å². The van der Waals surface area contributed by atoms with Crippen molar-refractivity contribution in [1.29, 1.82) is 0 Å². The average molecular weight is 185 g/mol. The summed E-state index contributed by atoms with van der Waals surface area (Å²) in [6.45, 7) is 5.80. The number of hydrogen-bond acceptors (Lipinski definition) is 3. The number of hydrogen-bond donors (Lipinski definition) is 0. The van der Waals surface area contributed by atoms with Gasteiger partial charge in [0, 0.05) is 0 Å².